The Bertz CT molecular complexity index is 1430. The Hall–Kier alpha value is -3.73. The van der Waals surface area contributed by atoms with Crippen LogP contribution in [0, 0.1) is 11.6 Å². The number of benzene rings is 3. The number of amides is 1. The molecule has 2 heterocycles. The summed E-state index contributed by atoms with van der Waals surface area (Å²) in [6.45, 7) is 1.35. The number of alkyl halides is 6. The molecule has 0 radical (unpaired) electrons. The molecule has 2 aliphatic rings. The molecule has 1 unspecified atom stereocenters. The predicted molar refractivity (Wildman–Crippen MR) is 133 cm³/mol. The molecule has 1 fully saturated rings. The van der Waals surface area contributed by atoms with E-state index < -0.39 is 59.3 Å². The van der Waals surface area contributed by atoms with Crippen molar-refractivity contribution in [1.29, 1.82) is 0 Å². The molecule has 1 saturated heterocycles. The van der Waals surface area contributed by atoms with Crippen LogP contribution in [-0.4, -0.2) is 29.5 Å². The van der Waals surface area contributed by atoms with Gasteiger partial charge in [-0.1, -0.05) is 24.3 Å². The van der Waals surface area contributed by atoms with E-state index in [0.717, 1.165) is 0 Å². The van der Waals surface area contributed by atoms with E-state index in [1.807, 2.05) is 0 Å². The van der Waals surface area contributed by atoms with Gasteiger partial charge in [0.15, 0.2) is 0 Å². The molecule has 216 valence electrons. The van der Waals surface area contributed by atoms with Crippen LogP contribution in [0.4, 0.5) is 35.1 Å². The standard InChI is InChI=1S/C30H23F8NO2/c1-16(19-10-21(29(33,34)35)14-22(11-19)30(36,37)38)41-26-15-39-25(28(26)18-4-8-24(32)9-5-18)12-20(13-27(39)40)17-2-6-23(31)7-3-17/h2-11,13-14,16,25-26,28H,12,15H2,1H3/t16-,25?,26+,28+/m1/s1. The summed E-state index contributed by atoms with van der Waals surface area (Å²) in [5.74, 6) is -1.91. The lowest BCUT2D eigenvalue weighted by atomic mass is 9.83. The Kier molecular flexibility index (Phi) is 7.44. The van der Waals surface area contributed by atoms with Gasteiger partial charge >= 0.3 is 12.4 Å². The van der Waals surface area contributed by atoms with Crippen LogP contribution in [-0.2, 0) is 21.9 Å². The van der Waals surface area contributed by atoms with Gasteiger partial charge in [-0.2, -0.15) is 26.3 Å². The molecule has 0 spiro atoms. The molecule has 1 amide bonds. The molecule has 3 aromatic carbocycles. The smallest absolute Gasteiger partial charge is 0.368 e. The first-order chi connectivity index (χ1) is 19.2. The zero-order valence-corrected chi connectivity index (χ0v) is 21.4. The molecule has 5 rings (SSSR count). The van der Waals surface area contributed by atoms with Crippen LogP contribution >= 0.6 is 0 Å². The van der Waals surface area contributed by atoms with Crippen molar-refractivity contribution >= 4 is 11.5 Å². The van der Waals surface area contributed by atoms with Gasteiger partial charge in [-0.3, -0.25) is 4.79 Å². The van der Waals surface area contributed by atoms with Crippen LogP contribution in [0.1, 0.15) is 53.2 Å². The maximum Gasteiger partial charge on any atom is 0.416 e. The first-order valence-electron chi connectivity index (χ1n) is 12.7. The molecule has 3 aromatic rings. The summed E-state index contributed by atoms with van der Waals surface area (Å²) < 4.78 is 114. The molecule has 41 heavy (non-hydrogen) atoms. The van der Waals surface area contributed by atoms with E-state index in [2.05, 4.69) is 0 Å². The monoisotopic (exact) mass is 581 g/mol. The summed E-state index contributed by atoms with van der Waals surface area (Å²) in [5, 5.41) is 0. The normalized spacial score (nSPS) is 22.0. The predicted octanol–water partition coefficient (Wildman–Crippen LogP) is 7.93. The number of nitrogens with zero attached hydrogens (tertiary/aromatic N) is 1. The third-order valence-corrected chi connectivity index (χ3v) is 7.53. The van der Waals surface area contributed by atoms with Crippen molar-refractivity contribution in [1.82, 2.24) is 4.90 Å². The maximum absolute atomic E-state index is 13.8. The van der Waals surface area contributed by atoms with Crippen molar-refractivity contribution < 1.29 is 44.7 Å². The number of carbonyl (C=O) groups is 1. The van der Waals surface area contributed by atoms with Gasteiger partial charge in [-0.15, -0.1) is 0 Å². The fourth-order valence-corrected chi connectivity index (χ4v) is 5.56. The van der Waals surface area contributed by atoms with E-state index in [4.69, 9.17) is 4.74 Å². The molecule has 0 saturated carbocycles. The van der Waals surface area contributed by atoms with Gasteiger partial charge < -0.3 is 9.64 Å². The Labute approximate surface area is 230 Å². The molecule has 0 N–H and O–H groups in total. The summed E-state index contributed by atoms with van der Waals surface area (Å²) in [7, 11) is 0. The first-order valence-corrected chi connectivity index (χ1v) is 12.7. The molecule has 4 atom stereocenters. The summed E-state index contributed by atoms with van der Waals surface area (Å²) in [4.78, 5) is 14.7. The molecule has 0 bridgehead atoms. The SMILES string of the molecule is C[C@@H](O[C@H]1CN2C(=O)C=C(c3ccc(F)cc3)CC2[C@@H]1c1ccc(F)cc1)c1cc(C(F)(F)F)cc(C(F)(F)F)c1. The lowest BCUT2D eigenvalue weighted by Crippen LogP contribution is -2.39. The van der Waals surface area contributed by atoms with E-state index in [-0.39, 0.29) is 24.1 Å². The average molecular weight is 582 g/mol. The minimum absolute atomic E-state index is 0.00811. The molecule has 2 aliphatic heterocycles. The topological polar surface area (TPSA) is 29.5 Å². The van der Waals surface area contributed by atoms with Crippen molar-refractivity contribution in [2.75, 3.05) is 6.54 Å². The van der Waals surface area contributed by atoms with Crippen molar-refractivity contribution in [3.8, 4) is 0 Å². The molecular weight excluding hydrogens is 558 g/mol. The van der Waals surface area contributed by atoms with Crippen molar-refractivity contribution in [3.63, 3.8) is 0 Å². The number of hydrogen-bond donors (Lipinski definition) is 0. The van der Waals surface area contributed by atoms with Gasteiger partial charge in [-0.05, 0) is 78.1 Å². The fraction of sp³-hybridized carbons (Fsp3) is 0.300. The lowest BCUT2D eigenvalue weighted by molar-refractivity contribution is -0.143. The first kappa shape index (κ1) is 28.8. The molecular formula is C30H23F8NO2. The second-order valence-electron chi connectivity index (χ2n) is 10.2. The van der Waals surface area contributed by atoms with E-state index in [0.29, 0.717) is 35.3 Å². The fourth-order valence-electron chi connectivity index (χ4n) is 5.56. The van der Waals surface area contributed by atoms with Crippen molar-refractivity contribution in [2.45, 2.75) is 49.9 Å². The van der Waals surface area contributed by atoms with Crippen LogP contribution in [0.25, 0.3) is 5.57 Å². The summed E-state index contributed by atoms with van der Waals surface area (Å²) >= 11 is 0. The highest BCUT2D eigenvalue weighted by molar-refractivity contribution is 5.97. The van der Waals surface area contributed by atoms with Gasteiger partial charge in [0.2, 0.25) is 5.91 Å². The Morgan fingerprint density at radius 2 is 1.37 bits per heavy atom. The van der Waals surface area contributed by atoms with Crippen LogP contribution in [0.5, 0.6) is 0 Å². The minimum Gasteiger partial charge on any atom is -0.368 e. The maximum atomic E-state index is 13.8. The van der Waals surface area contributed by atoms with Gasteiger partial charge in [0, 0.05) is 24.6 Å². The van der Waals surface area contributed by atoms with Crippen molar-refractivity contribution in [3.05, 3.63) is 112 Å². The second-order valence-corrected chi connectivity index (χ2v) is 10.2. The van der Waals surface area contributed by atoms with Gasteiger partial charge in [0.1, 0.15) is 11.6 Å². The Morgan fingerprint density at radius 3 is 1.90 bits per heavy atom. The van der Waals surface area contributed by atoms with Gasteiger partial charge in [-0.25, -0.2) is 8.78 Å². The number of carbonyl (C=O) groups excluding carboxylic acids is 1. The number of rotatable bonds is 5. The molecule has 0 aliphatic carbocycles. The highest BCUT2D eigenvalue weighted by atomic mass is 19.4. The number of fused-ring (bicyclic) bond motifs is 1. The third kappa shape index (κ3) is 6.00. The number of hydrogen-bond acceptors (Lipinski definition) is 2. The lowest BCUT2D eigenvalue weighted by Gasteiger charge is -2.33. The Morgan fingerprint density at radius 1 is 0.829 bits per heavy atom. The van der Waals surface area contributed by atoms with E-state index >= 15 is 0 Å². The summed E-state index contributed by atoms with van der Waals surface area (Å²) in [5.41, 5.74) is -1.40. The van der Waals surface area contributed by atoms with E-state index in [9.17, 15) is 39.9 Å². The zero-order chi connectivity index (χ0) is 29.7. The second kappa shape index (κ2) is 10.6. The minimum atomic E-state index is -5.02. The molecule has 0 aromatic heterocycles. The average Bonchev–Trinajstić information content (AvgIpc) is 3.26. The Balaban J connectivity index is 1.49. The molecule has 3 nitrogen and oxygen atoms in total. The van der Waals surface area contributed by atoms with Crippen LogP contribution < -0.4 is 0 Å². The summed E-state index contributed by atoms with van der Waals surface area (Å²) in [6.07, 6.45) is -10.4. The van der Waals surface area contributed by atoms with Crippen LogP contribution in [0.15, 0.2) is 72.8 Å². The van der Waals surface area contributed by atoms with E-state index in [1.165, 1.54) is 66.4 Å². The van der Waals surface area contributed by atoms with Crippen molar-refractivity contribution in [2.24, 2.45) is 0 Å². The third-order valence-electron chi connectivity index (χ3n) is 7.53. The highest BCUT2D eigenvalue weighted by Crippen LogP contribution is 2.45. The molecule has 11 heteroatoms. The van der Waals surface area contributed by atoms with E-state index in [1.54, 1.807) is 0 Å². The number of ether oxygens (including phenoxy) is 1. The highest BCUT2D eigenvalue weighted by Gasteiger charge is 2.48. The van der Waals surface area contributed by atoms with Crippen LogP contribution in [0.3, 0.4) is 0 Å². The quantitative estimate of drug-likeness (QED) is 0.287. The van der Waals surface area contributed by atoms with Gasteiger partial charge in [0.05, 0.1) is 23.3 Å². The number of halogens is 8. The largest absolute Gasteiger partial charge is 0.416 e. The summed E-state index contributed by atoms with van der Waals surface area (Å²) in [6, 6.07) is 11.8. The van der Waals surface area contributed by atoms with Crippen LogP contribution in [0.2, 0.25) is 0 Å². The van der Waals surface area contributed by atoms with Gasteiger partial charge in [0.25, 0.3) is 0 Å². The zero-order valence-electron chi connectivity index (χ0n) is 21.4.